The molecule has 0 radical (unpaired) electrons. The molecule has 0 aliphatic heterocycles. The van der Waals surface area contributed by atoms with Crippen LogP contribution in [0.1, 0.15) is 32.1 Å². The van der Waals surface area contributed by atoms with Crippen molar-refractivity contribution in [3.63, 3.8) is 0 Å². The van der Waals surface area contributed by atoms with Crippen LogP contribution in [0, 0.1) is 6.92 Å². The van der Waals surface area contributed by atoms with E-state index in [9.17, 15) is 9.59 Å². The molecule has 0 saturated carbocycles. The van der Waals surface area contributed by atoms with Gasteiger partial charge in [0.1, 0.15) is 5.69 Å². The molecule has 0 spiro atoms. The number of benzene rings is 1. The van der Waals surface area contributed by atoms with Gasteiger partial charge in [0.2, 0.25) is 0 Å². The monoisotopic (exact) mass is 272 g/mol. The molecule has 104 valence electrons. The third kappa shape index (κ3) is 2.85. The fourth-order valence-electron chi connectivity index (χ4n) is 1.96. The average molecular weight is 272 g/mol. The molecule has 3 N–H and O–H groups in total. The summed E-state index contributed by atoms with van der Waals surface area (Å²) < 4.78 is 1.45. The van der Waals surface area contributed by atoms with Crippen LogP contribution in [0.4, 0.5) is 0 Å². The van der Waals surface area contributed by atoms with E-state index in [0.29, 0.717) is 6.54 Å². The Morgan fingerprint density at radius 1 is 1.35 bits per heavy atom. The molecule has 1 aromatic heterocycles. The van der Waals surface area contributed by atoms with Crippen molar-refractivity contribution in [2.75, 3.05) is 7.05 Å². The normalized spacial score (nSPS) is 10.3. The molecule has 0 atom stereocenters. The summed E-state index contributed by atoms with van der Waals surface area (Å²) in [6.07, 6.45) is 0. The number of hydrogen-bond donors (Lipinski definition) is 2. The molecule has 0 saturated heterocycles. The van der Waals surface area contributed by atoms with E-state index in [4.69, 9.17) is 5.73 Å². The number of primary amides is 1. The molecule has 1 heterocycles. The van der Waals surface area contributed by atoms with Gasteiger partial charge in [-0.1, -0.05) is 29.8 Å². The first-order valence-electron chi connectivity index (χ1n) is 6.16. The Hall–Kier alpha value is -2.63. The van der Waals surface area contributed by atoms with Crippen LogP contribution in [-0.2, 0) is 6.54 Å². The van der Waals surface area contributed by atoms with Gasteiger partial charge in [-0.15, -0.1) is 0 Å². The van der Waals surface area contributed by atoms with Gasteiger partial charge in [0, 0.05) is 13.1 Å². The van der Waals surface area contributed by atoms with Crippen LogP contribution in [0.3, 0.4) is 0 Å². The SMILES string of the molecule is CNC(=O)c1cc(C(N)=O)n(Cc2cccc(C)c2)n1. The van der Waals surface area contributed by atoms with Crippen molar-refractivity contribution in [3.05, 3.63) is 52.8 Å². The van der Waals surface area contributed by atoms with E-state index in [1.165, 1.54) is 17.8 Å². The smallest absolute Gasteiger partial charge is 0.271 e. The second kappa shape index (κ2) is 5.56. The molecule has 0 aliphatic carbocycles. The minimum absolute atomic E-state index is 0.175. The molecule has 6 nitrogen and oxygen atoms in total. The van der Waals surface area contributed by atoms with Crippen molar-refractivity contribution in [2.24, 2.45) is 5.73 Å². The number of carbonyl (C=O) groups excluding carboxylic acids is 2. The van der Waals surface area contributed by atoms with Crippen LogP contribution in [0.25, 0.3) is 0 Å². The summed E-state index contributed by atoms with van der Waals surface area (Å²) in [7, 11) is 1.51. The summed E-state index contributed by atoms with van der Waals surface area (Å²) in [6, 6.07) is 9.23. The van der Waals surface area contributed by atoms with E-state index in [1.807, 2.05) is 31.2 Å². The third-order valence-electron chi connectivity index (χ3n) is 2.91. The second-order valence-corrected chi connectivity index (χ2v) is 4.50. The Bertz CT molecular complexity index is 661. The topological polar surface area (TPSA) is 90.0 Å². The van der Waals surface area contributed by atoms with Crippen molar-refractivity contribution in [1.82, 2.24) is 15.1 Å². The highest BCUT2D eigenvalue weighted by atomic mass is 16.2. The van der Waals surface area contributed by atoms with Gasteiger partial charge in [0.15, 0.2) is 5.69 Å². The van der Waals surface area contributed by atoms with Crippen molar-refractivity contribution in [3.8, 4) is 0 Å². The maximum absolute atomic E-state index is 11.6. The lowest BCUT2D eigenvalue weighted by atomic mass is 10.1. The van der Waals surface area contributed by atoms with Crippen molar-refractivity contribution in [2.45, 2.75) is 13.5 Å². The average Bonchev–Trinajstić information content (AvgIpc) is 2.82. The van der Waals surface area contributed by atoms with Crippen molar-refractivity contribution in [1.29, 1.82) is 0 Å². The van der Waals surface area contributed by atoms with E-state index in [0.717, 1.165) is 11.1 Å². The minimum Gasteiger partial charge on any atom is -0.364 e. The maximum Gasteiger partial charge on any atom is 0.271 e. The first kappa shape index (κ1) is 13.8. The van der Waals surface area contributed by atoms with Gasteiger partial charge in [-0.3, -0.25) is 14.3 Å². The van der Waals surface area contributed by atoms with Crippen LogP contribution >= 0.6 is 0 Å². The molecule has 0 fully saturated rings. The molecular formula is C14H16N4O2. The summed E-state index contributed by atoms with van der Waals surface area (Å²) >= 11 is 0. The standard InChI is InChI=1S/C14H16N4O2/c1-9-4-3-5-10(6-9)8-18-12(13(15)19)7-11(17-18)14(20)16-2/h3-7H,8H2,1-2H3,(H2,15,19)(H,16,20). The lowest BCUT2D eigenvalue weighted by Crippen LogP contribution is -2.19. The van der Waals surface area contributed by atoms with Gasteiger partial charge in [-0.2, -0.15) is 5.10 Å². The molecular weight excluding hydrogens is 256 g/mol. The fraction of sp³-hybridized carbons (Fsp3) is 0.214. The van der Waals surface area contributed by atoms with Crippen LogP contribution in [0.5, 0.6) is 0 Å². The first-order chi connectivity index (χ1) is 9.51. The van der Waals surface area contributed by atoms with E-state index in [1.54, 1.807) is 0 Å². The zero-order chi connectivity index (χ0) is 14.7. The number of nitrogens with zero attached hydrogens (tertiary/aromatic N) is 2. The summed E-state index contributed by atoms with van der Waals surface area (Å²) in [5, 5.41) is 6.60. The van der Waals surface area contributed by atoms with Crippen LogP contribution in [0.2, 0.25) is 0 Å². The predicted octanol–water partition coefficient (Wildman–Crippen LogP) is 0.698. The lowest BCUT2D eigenvalue weighted by molar-refractivity contribution is 0.0955. The quantitative estimate of drug-likeness (QED) is 0.858. The zero-order valence-electron chi connectivity index (χ0n) is 11.4. The number of amides is 2. The molecule has 0 unspecified atom stereocenters. The van der Waals surface area contributed by atoms with E-state index < -0.39 is 5.91 Å². The van der Waals surface area contributed by atoms with Crippen LogP contribution in [0.15, 0.2) is 30.3 Å². The van der Waals surface area contributed by atoms with Gasteiger partial charge >= 0.3 is 0 Å². The molecule has 1 aromatic carbocycles. The number of aromatic nitrogens is 2. The van der Waals surface area contributed by atoms with Gasteiger partial charge in [0.25, 0.3) is 11.8 Å². The van der Waals surface area contributed by atoms with Gasteiger partial charge in [-0.05, 0) is 12.5 Å². The zero-order valence-corrected chi connectivity index (χ0v) is 11.4. The number of rotatable bonds is 4. The van der Waals surface area contributed by atoms with E-state index in [-0.39, 0.29) is 17.3 Å². The van der Waals surface area contributed by atoms with E-state index >= 15 is 0 Å². The molecule has 20 heavy (non-hydrogen) atoms. The van der Waals surface area contributed by atoms with Crippen LogP contribution < -0.4 is 11.1 Å². The summed E-state index contributed by atoms with van der Waals surface area (Å²) in [6.45, 7) is 2.37. The summed E-state index contributed by atoms with van der Waals surface area (Å²) in [5.41, 5.74) is 7.81. The highest BCUT2D eigenvalue weighted by Gasteiger charge is 2.16. The Balaban J connectivity index is 2.37. The van der Waals surface area contributed by atoms with Gasteiger partial charge in [0.05, 0.1) is 6.54 Å². The highest BCUT2D eigenvalue weighted by molar-refractivity contribution is 5.97. The van der Waals surface area contributed by atoms with Gasteiger partial charge in [-0.25, -0.2) is 0 Å². The largest absolute Gasteiger partial charge is 0.364 e. The predicted molar refractivity (Wildman–Crippen MR) is 74.4 cm³/mol. The molecule has 2 aromatic rings. The molecule has 0 aliphatic rings. The first-order valence-corrected chi connectivity index (χ1v) is 6.16. The summed E-state index contributed by atoms with van der Waals surface area (Å²) in [5.74, 6) is -0.962. The van der Waals surface area contributed by atoms with Crippen molar-refractivity contribution >= 4 is 11.8 Å². The number of aryl methyl sites for hydroxylation is 1. The van der Waals surface area contributed by atoms with Gasteiger partial charge < -0.3 is 11.1 Å². The number of carbonyl (C=O) groups is 2. The maximum atomic E-state index is 11.6. The Morgan fingerprint density at radius 3 is 2.70 bits per heavy atom. The Morgan fingerprint density at radius 2 is 2.10 bits per heavy atom. The van der Waals surface area contributed by atoms with E-state index in [2.05, 4.69) is 10.4 Å². The fourth-order valence-corrected chi connectivity index (χ4v) is 1.96. The third-order valence-corrected chi connectivity index (χ3v) is 2.91. The number of nitrogens with two attached hydrogens (primary N) is 1. The molecule has 6 heteroatoms. The Labute approximate surface area is 116 Å². The lowest BCUT2D eigenvalue weighted by Gasteiger charge is -2.05. The number of nitrogens with one attached hydrogen (secondary N) is 1. The Kier molecular flexibility index (Phi) is 3.84. The summed E-state index contributed by atoms with van der Waals surface area (Å²) in [4.78, 5) is 23.0. The highest BCUT2D eigenvalue weighted by Crippen LogP contribution is 2.10. The number of hydrogen-bond acceptors (Lipinski definition) is 3. The minimum atomic E-state index is -0.611. The molecule has 0 bridgehead atoms. The molecule has 2 rings (SSSR count). The second-order valence-electron chi connectivity index (χ2n) is 4.50. The van der Waals surface area contributed by atoms with Crippen molar-refractivity contribution < 1.29 is 9.59 Å². The van der Waals surface area contributed by atoms with Crippen LogP contribution in [-0.4, -0.2) is 28.6 Å². The molecule has 2 amide bonds.